The van der Waals surface area contributed by atoms with Gasteiger partial charge in [-0.3, -0.25) is 19.4 Å². The number of hydrogen-bond acceptors (Lipinski definition) is 7. The molecule has 2 amide bonds. The molecule has 44 heavy (non-hydrogen) atoms. The number of unbranched alkanes of at least 4 members (excludes halogenated alkanes) is 1. The second-order valence-corrected chi connectivity index (χ2v) is 10.7. The summed E-state index contributed by atoms with van der Waals surface area (Å²) in [5.74, 6) is -0.494. The van der Waals surface area contributed by atoms with Crippen LogP contribution in [-0.4, -0.2) is 41.6 Å². The number of benzene rings is 3. The van der Waals surface area contributed by atoms with E-state index in [9.17, 15) is 18.8 Å². The van der Waals surface area contributed by atoms with E-state index in [2.05, 4.69) is 15.6 Å². The fourth-order valence-corrected chi connectivity index (χ4v) is 4.77. The van der Waals surface area contributed by atoms with Crippen molar-refractivity contribution in [3.8, 4) is 23.0 Å². The van der Waals surface area contributed by atoms with Gasteiger partial charge in [0.2, 0.25) is 11.8 Å². The largest absolute Gasteiger partial charge is 0.493 e. The second kappa shape index (κ2) is 13.2. The maximum absolute atomic E-state index is 13.2. The van der Waals surface area contributed by atoms with Gasteiger partial charge in [0, 0.05) is 35.4 Å². The molecule has 0 radical (unpaired) electrons. The molecule has 0 aliphatic heterocycles. The Kier molecular flexibility index (Phi) is 9.15. The first-order chi connectivity index (χ1) is 21.2. The molecule has 12 heteroatoms. The molecule has 228 valence electrons. The molecule has 0 bridgehead atoms. The van der Waals surface area contributed by atoms with E-state index in [0.717, 1.165) is 0 Å². The third-order valence-corrected chi connectivity index (χ3v) is 7.46. The van der Waals surface area contributed by atoms with Gasteiger partial charge < -0.3 is 30.0 Å². The van der Waals surface area contributed by atoms with Gasteiger partial charge in [0.15, 0.2) is 11.5 Å². The summed E-state index contributed by atoms with van der Waals surface area (Å²) in [6, 6.07) is 15.2. The molecule has 3 N–H and O–H groups in total. The summed E-state index contributed by atoms with van der Waals surface area (Å²) in [4.78, 5) is 41.1. The van der Waals surface area contributed by atoms with E-state index in [-0.39, 0.29) is 11.4 Å². The number of carbonyl (C=O) groups excluding carboxylic acids is 2. The molecular formula is C32H29ClFN3O7. The predicted octanol–water partition coefficient (Wildman–Crippen LogP) is 6.82. The molecule has 1 aromatic heterocycles. The van der Waals surface area contributed by atoms with Crippen LogP contribution in [0.15, 0.2) is 66.9 Å². The maximum atomic E-state index is 13.2. The monoisotopic (exact) mass is 621 g/mol. The number of fused-ring (bicyclic) bond motifs is 1. The van der Waals surface area contributed by atoms with Crippen LogP contribution in [0.25, 0.3) is 10.9 Å². The van der Waals surface area contributed by atoms with E-state index in [0.29, 0.717) is 77.6 Å². The fraction of sp³-hybridized carbons (Fsp3) is 0.250. The van der Waals surface area contributed by atoms with Crippen molar-refractivity contribution in [2.75, 3.05) is 24.4 Å². The molecule has 0 saturated heterocycles. The molecule has 10 nitrogen and oxygen atoms in total. The Morgan fingerprint density at radius 3 is 2.27 bits per heavy atom. The van der Waals surface area contributed by atoms with Crippen LogP contribution in [0.5, 0.6) is 23.0 Å². The maximum Gasteiger partial charge on any atom is 0.303 e. The van der Waals surface area contributed by atoms with Gasteiger partial charge in [-0.15, -0.1) is 0 Å². The summed E-state index contributed by atoms with van der Waals surface area (Å²) in [5, 5.41) is 15.1. The lowest BCUT2D eigenvalue weighted by molar-refractivity contribution is -0.137. The number of carbonyl (C=O) groups is 3. The number of carboxylic acid groups (broad SMARTS) is 1. The molecule has 4 aromatic rings. The Morgan fingerprint density at radius 2 is 1.61 bits per heavy atom. The van der Waals surface area contributed by atoms with Gasteiger partial charge in [-0.2, -0.15) is 0 Å². The number of rotatable bonds is 13. The minimum atomic E-state index is -1.22. The Hall–Kier alpha value is -4.90. The zero-order chi connectivity index (χ0) is 31.3. The molecule has 1 saturated carbocycles. The quantitative estimate of drug-likeness (QED) is 0.109. The van der Waals surface area contributed by atoms with E-state index in [1.165, 1.54) is 37.4 Å². The number of ether oxygens (including phenoxy) is 3. The van der Waals surface area contributed by atoms with E-state index < -0.39 is 29.0 Å². The first kappa shape index (κ1) is 30.6. The van der Waals surface area contributed by atoms with Crippen molar-refractivity contribution in [2.24, 2.45) is 5.41 Å². The summed E-state index contributed by atoms with van der Waals surface area (Å²) in [5.41, 5.74) is 0.154. The highest BCUT2D eigenvalue weighted by molar-refractivity contribution is 6.32. The summed E-state index contributed by atoms with van der Waals surface area (Å²) in [6.45, 7) is 0.323. The lowest BCUT2D eigenvalue weighted by Gasteiger charge is -2.17. The second-order valence-electron chi connectivity index (χ2n) is 10.3. The number of nitrogens with one attached hydrogen (secondary N) is 2. The van der Waals surface area contributed by atoms with Crippen molar-refractivity contribution >= 4 is 51.7 Å². The van der Waals surface area contributed by atoms with Crippen LogP contribution in [0.3, 0.4) is 0 Å². The normalized spacial score (nSPS) is 13.2. The summed E-state index contributed by atoms with van der Waals surface area (Å²) < 4.78 is 30.6. The fourth-order valence-electron chi connectivity index (χ4n) is 4.55. The topological polar surface area (TPSA) is 136 Å². The van der Waals surface area contributed by atoms with Crippen molar-refractivity contribution in [2.45, 2.75) is 32.1 Å². The average molecular weight is 622 g/mol. The number of anilines is 2. The van der Waals surface area contributed by atoms with E-state index in [4.69, 9.17) is 30.9 Å². The van der Waals surface area contributed by atoms with Crippen LogP contribution < -0.4 is 24.8 Å². The Labute approximate surface area is 257 Å². The van der Waals surface area contributed by atoms with Crippen LogP contribution in [0.4, 0.5) is 15.8 Å². The minimum absolute atomic E-state index is 0.0766. The van der Waals surface area contributed by atoms with E-state index in [1.807, 2.05) is 0 Å². The molecule has 0 spiro atoms. The van der Waals surface area contributed by atoms with E-state index >= 15 is 0 Å². The van der Waals surface area contributed by atoms with Gasteiger partial charge in [-0.25, -0.2) is 4.39 Å². The third kappa shape index (κ3) is 7.00. The first-order valence-corrected chi connectivity index (χ1v) is 14.2. The van der Waals surface area contributed by atoms with Gasteiger partial charge in [0.25, 0.3) is 0 Å². The van der Waals surface area contributed by atoms with Gasteiger partial charge in [0.05, 0.1) is 24.3 Å². The van der Waals surface area contributed by atoms with Gasteiger partial charge in [-0.05, 0) is 80.3 Å². The SMILES string of the molecule is COc1cc2c(Oc3ccc(NC(=O)C4(C(=O)Nc5ccc(F)cc5)CC4)cc3Cl)ccnc2cc1OCCCCC(=O)O. The Balaban J connectivity index is 1.26. The lowest BCUT2D eigenvalue weighted by atomic mass is 10.0. The number of methoxy groups -OCH3 is 1. The van der Waals surface area contributed by atoms with Gasteiger partial charge in [0.1, 0.15) is 22.7 Å². The molecule has 0 unspecified atom stereocenters. The zero-order valence-corrected chi connectivity index (χ0v) is 24.4. The molecule has 1 heterocycles. The summed E-state index contributed by atoms with van der Waals surface area (Å²) in [7, 11) is 1.51. The molecule has 3 aromatic carbocycles. The number of pyridine rings is 1. The van der Waals surface area contributed by atoms with E-state index in [1.54, 1.807) is 36.5 Å². The molecule has 1 aliphatic carbocycles. The van der Waals surface area contributed by atoms with Crippen molar-refractivity contribution in [1.82, 2.24) is 4.98 Å². The molecule has 5 rings (SSSR count). The summed E-state index contributed by atoms with van der Waals surface area (Å²) >= 11 is 6.53. The Bertz CT molecular complexity index is 1710. The molecule has 0 atom stereocenters. The Morgan fingerprint density at radius 1 is 0.909 bits per heavy atom. The number of halogens is 2. The molecule has 1 fully saturated rings. The van der Waals surface area contributed by atoms with Gasteiger partial charge >= 0.3 is 5.97 Å². The summed E-state index contributed by atoms with van der Waals surface area (Å²) in [6.07, 6.45) is 3.50. The number of amides is 2. The lowest BCUT2D eigenvalue weighted by Crippen LogP contribution is -2.35. The van der Waals surface area contributed by atoms with Gasteiger partial charge in [-0.1, -0.05) is 11.6 Å². The first-order valence-electron chi connectivity index (χ1n) is 13.9. The van der Waals surface area contributed by atoms with Crippen molar-refractivity contribution in [1.29, 1.82) is 0 Å². The van der Waals surface area contributed by atoms with Crippen LogP contribution in [0, 0.1) is 11.2 Å². The van der Waals surface area contributed by atoms with Crippen LogP contribution in [-0.2, 0) is 14.4 Å². The zero-order valence-electron chi connectivity index (χ0n) is 23.7. The highest BCUT2D eigenvalue weighted by atomic mass is 35.5. The van der Waals surface area contributed by atoms with Crippen LogP contribution in [0.1, 0.15) is 32.1 Å². The van der Waals surface area contributed by atoms with Crippen molar-refractivity contribution in [3.63, 3.8) is 0 Å². The van der Waals surface area contributed by atoms with Crippen molar-refractivity contribution in [3.05, 3.63) is 77.7 Å². The molecular weight excluding hydrogens is 593 g/mol. The standard InChI is InChI=1S/C32H29ClFN3O7/c1-42-27-17-22-24(18-28(27)43-15-3-2-4-29(38)39)35-14-11-25(22)44-26-10-9-21(16-23(26)33)37-31(41)32(12-13-32)30(40)36-20-7-5-19(34)6-8-20/h5-11,14,16-18H,2-4,12-13,15H2,1H3,(H,36,40)(H,37,41)(H,38,39). The smallest absolute Gasteiger partial charge is 0.303 e. The van der Waals surface area contributed by atoms with Crippen LogP contribution in [0.2, 0.25) is 5.02 Å². The minimum Gasteiger partial charge on any atom is -0.493 e. The van der Waals surface area contributed by atoms with Crippen molar-refractivity contribution < 1.29 is 38.1 Å². The predicted molar refractivity (Wildman–Crippen MR) is 162 cm³/mol. The number of aromatic nitrogens is 1. The highest BCUT2D eigenvalue weighted by Gasteiger charge is 2.56. The number of nitrogens with zero attached hydrogens (tertiary/aromatic N) is 1. The highest BCUT2D eigenvalue weighted by Crippen LogP contribution is 2.48. The number of aliphatic carboxylic acids is 1. The van der Waals surface area contributed by atoms with Crippen LogP contribution >= 0.6 is 11.6 Å². The number of carboxylic acids is 1. The average Bonchev–Trinajstić information content (AvgIpc) is 3.82. The number of hydrogen-bond donors (Lipinski definition) is 3. The third-order valence-electron chi connectivity index (χ3n) is 7.16. The molecule has 1 aliphatic rings.